The van der Waals surface area contributed by atoms with Gasteiger partial charge in [-0.3, -0.25) is 0 Å². The number of rotatable bonds is 6. The van der Waals surface area contributed by atoms with E-state index in [1.807, 2.05) is 27.7 Å². The topological polar surface area (TPSA) is 3.24 Å². The van der Waals surface area contributed by atoms with Crippen LogP contribution in [0, 0.1) is 5.41 Å². The third kappa shape index (κ3) is 13.9. The molecule has 0 aliphatic heterocycles. The van der Waals surface area contributed by atoms with Gasteiger partial charge in [-0.05, 0) is 38.8 Å². The molecule has 0 fully saturated rings. The van der Waals surface area contributed by atoms with E-state index in [0.717, 1.165) is 12.6 Å². The van der Waals surface area contributed by atoms with Crippen LogP contribution >= 0.6 is 0 Å². The zero-order valence-electron chi connectivity index (χ0n) is 14.4. The fourth-order valence-electron chi connectivity index (χ4n) is 1.31. The van der Waals surface area contributed by atoms with Crippen molar-refractivity contribution in [3.05, 3.63) is 0 Å². The fourth-order valence-corrected chi connectivity index (χ4v) is 1.31. The first kappa shape index (κ1) is 22.2. The van der Waals surface area contributed by atoms with Crippen LogP contribution in [-0.2, 0) is 0 Å². The smallest absolute Gasteiger partial charge is 0.00639 e. The van der Waals surface area contributed by atoms with Gasteiger partial charge >= 0.3 is 0 Å². The summed E-state index contributed by atoms with van der Waals surface area (Å²) in [4.78, 5) is 2.42. The predicted octanol–water partition coefficient (Wildman–Crippen LogP) is 5.60. The van der Waals surface area contributed by atoms with E-state index in [-0.39, 0.29) is 0 Å². The van der Waals surface area contributed by atoms with E-state index in [1.165, 1.54) is 19.3 Å². The van der Waals surface area contributed by atoms with Crippen molar-refractivity contribution in [3.8, 4) is 0 Å². The Bertz CT molecular complexity index is 129. The average molecular weight is 245 g/mol. The van der Waals surface area contributed by atoms with Gasteiger partial charge in [0.1, 0.15) is 0 Å². The highest BCUT2D eigenvalue weighted by molar-refractivity contribution is 4.70. The highest BCUT2D eigenvalue weighted by atomic mass is 15.1. The third-order valence-electron chi connectivity index (χ3n) is 3.45. The van der Waals surface area contributed by atoms with Gasteiger partial charge in [0.05, 0.1) is 0 Å². The van der Waals surface area contributed by atoms with Crippen LogP contribution in [-0.4, -0.2) is 24.5 Å². The zero-order valence-corrected chi connectivity index (χ0v) is 14.4. The molecule has 0 N–H and O–H groups in total. The Morgan fingerprint density at radius 1 is 1.00 bits per heavy atom. The van der Waals surface area contributed by atoms with Crippen LogP contribution in [0.2, 0.25) is 0 Å². The Morgan fingerprint density at radius 2 is 1.41 bits per heavy atom. The molecule has 0 aliphatic carbocycles. The summed E-state index contributed by atoms with van der Waals surface area (Å²) < 4.78 is 0. The molecule has 0 saturated heterocycles. The van der Waals surface area contributed by atoms with Gasteiger partial charge in [-0.25, -0.2) is 0 Å². The van der Waals surface area contributed by atoms with Crippen molar-refractivity contribution in [1.29, 1.82) is 0 Å². The molecule has 0 bridgehead atoms. The molecule has 0 saturated carbocycles. The van der Waals surface area contributed by atoms with E-state index in [1.54, 1.807) is 0 Å². The molecule has 0 spiro atoms. The van der Waals surface area contributed by atoms with E-state index >= 15 is 0 Å². The van der Waals surface area contributed by atoms with E-state index < -0.39 is 0 Å². The second-order valence-corrected chi connectivity index (χ2v) is 4.98. The lowest BCUT2D eigenvalue weighted by atomic mass is 9.84. The fraction of sp³-hybridized carbons (Fsp3) is 1.00. The van der Waals surface area contributed by atoms with Crippen LogP contribution in [0.15, 0.2) is 0 Å². The van der Waals surface area contributed by atoms with Crippen molar-refractivity contribution >= 4 is 0 Å². The van der Waals surface area contributed by atoms with E-state index in [4.69, 9.17) is 0 Å². The molecule has 0 radical (unpaired) electrons. The molecule has 0 aromatic heterocycles. The van der Waals surface area contributed by atoms with Gasteiger partial charge in [0.2, 0.25) is 0 Å². The largest absolute Gasteiger partial charge is 0.304 e. The highest BCUT2D eigenvalue weighted by Gasteiger charge is 2.17. The third-order valence-corrected chi connectivity index (χ3v) is 3.45. The molecule has 0 aliphatic rings. The Morgan fingerprint density at radius 3 is 1.71 bits per heavy atom. The van der Waals surface area contributed by atoms with Crippen molar-refractivity contribution in [2.45, 2.75) is 87.6 Å². The van der Waals surface area contributed by atoms with Crippen LogP contribution in [0.4, 0.5) is 0 Å². The van der Waals surface area contributed by atoms with Crippen LogP contribution in [0.1, 0.15) is 81.6 Å². The second-order valence-electron chi connectivity index (χ2n) is 4.98. The molecule has 1 nitrogen and oxygen atoms in total. The number of hydrogen-bond acceptors (Lipinski definition) is 1. The quantitative estimate of drug-likeness (QED) is 0.589. The van der Waals surface area contributed by atoms with Crippen LogP contribution in [0.3, 0.4) is 0 Å². The standard InChI is InChI=1S/C12H27N.2C2H6/c1-7-12(4,5)10-9-11(3)13(6)8-2;2*1-2/h11H,7-10H2,1-6H3;2*1-2H3. The maximum absolute atomic E-state index is 2.42. The maximum Gasteiger partial charge on any atom is 0.00639 e. The first-order chi connectivity index (χ1) is 7.93. The van der Waals surface area contributed by atoms with Gasteiger partial charge in [0.15, 0.2) is 0 Å². The summed E-state index contributed by atoms with van der Waals surface area (Å²) in [6.45, 7) is 20.7. The van der Waals surface area contributed by atoms with Gasteiger partial charge in [-0.15, -0.1) is 0 Å². The molecule has 17 heavy (non-hydrogen) atoms. The minimum atomic E-state index is 0.531. The van der Waals surface area contributed by atoms with E-state index in [0.29, 0.717) is 5.41 Å². The minimum absolute atomic E-state index is 0.531. The summed E-state index contributed by atoms with van der Waals surface area (Å²) in [5.74, 6) is 0. The van der Waals surface area contributed by atoms with Gasteiger partial charge in [-0.2, -0.15) is 0 Å². The summed E-state index contributed by atoms with van der Waals surface area (Å²) in [5.41, 5.74) is 0.531. The summed E-state index contributed by atoms with van der Waals surface area (Å²) in [6, 6.07) is 0.732. The van der Waals surface area contributed by atoms with Crippen molar-refractivity contribution in [3.63, 3.8) is 0 Å². The lowest BCUT2D eigenvalue weighted by Crippen LogP contribution is -2.29. The van der Waals surface area contributed by atoms with E-state index in [9.17, 15) is 0 Å². The van der Waals surface area contributed by atoms with Gasteiger partial charge in [-0.1, -0.05) is 61.8 Å². The Kier molecular flexibility index (Phi) is 18.3. The first-order valence-corrected chi connectivity index (χ1v) is 7.63. The number of hydrogen-bond donors (Lipinski definition) is 0. The van der Waals surface area contributed by atoms with Crippen molar-refractivity contribution in [1.82, 2.24) is 4.90 Å². The Balaban J connectivity index is -0.000000439. The maximum atomic E-state index is 2.42. The van der Waals surface area contributed by atoms with Gasteiger partial charge < -0.3 is 4.90 Å². The molecule has 0 amide bonds. The number of nitrogens with zero attached hydrogens (tertiary/aromatic N) is 1. The second kappa shape index (κ2) is 14.0. The van der Waals surface area contributed by atoms with E-state index in [2.05, 4.69) is 46.6 Å². The Hall–Kier alpha value is -0.0400. The normalized spacial score (nSPS) is 12.2. The van der Waals surface area contributed by atoms with Crippen LogP contribution in [0.25, 0.3) is 0 Å². The van der Waals surface area contributed by atoms with Crippen LogP contribution in [0.5, 0.6) is 0 Å². The molecule has 0 aromatic carbocycles. The summed E-state index contributed by atoms with van der Waals surface area (Å²) in [6.07, 6.45) is 3.95. The lowest BCUT2D eigenvalue weighted by Gasteiger charge is -2.28. The monoisotopic (exact) mass is 245 g/mol. The molecule has 1 heteroatoms. The summed E-state index contributed by atoms with van der Waals surface area (Å²) in [7, 11) is 2.21. The molecule has 0 aromatic rings. The summed E-state index contributed by atoms with van der Waals surface area (Å²) in [5, 5.41) is 0. The van der Waals surface area contributed by atoms with Crippen molar-refractivity contribution in [2.24, 2.45) is 5.41 Å². The van der Waals surface area contributed by atoms with Gasteiger partial charge in [0, 0.05) is 6.04 Å². The van der Waals surface area contributed by atoms with Crippen molar-refractivity contribution < 1.29 is 0 Å². The first-order valence-electron chi connectivity index (χ1n) is 7.63. The Labute approximate surface area is 112 Å². The minimum Gasteiger partial charge on any atom is -0.304 e. The molecule has 108 valence electrons. The molecular weight excluding hydrogens is 206 g/mol. The van der Waals surface area contributed by atoms with Gasteiger partial charge in [0.25, 0.3) is 0 Å². The van der Waals surface area contributed by atoms with Crippen LogP contribution < -0.4 is 0 Å². The lowest BCUT2D eigenvalue weighted by molar-refractivity contribution is 0.216. The van der Waals surface area contributed by atoms with Crippen molar-refractivity contribution in [2.75, 3.05) is 13.6 Å². The predicted molar refractivity (Wildman–Crippen MR) is 83.8 cm³/mol. The average Bonchev–Trinajstić information content (AvgIpc) is 2.39. The molecule has 1 atom stereocenters. The molecule has 1 unspecified atom stereocenters. The zero-order chi connectivity index (χ0) is 14.5. The highest BCUT2D eigenvalue weighted by Crippen LogP contribution is 2.27. The molecular formula is C16H39N. The SMILES string of the molecule is CC.CC.CCN(C)C(C)CCC(C)(C)CC. The molecule has 0 heterocycles. The molecule has 0 rings (SSSR count). The summed E-state index contributed by atoms with van der Waals surface area (Å²) >= 11 is 0.